The zero-order valence-corrected chi connectivity index (χ0v) is 13.7. The van der Waals surface area contributed by atoms with E-state index in [9.17, 15) is 9.59 Å². The average Bonchev–Trinajstić information content (AvgIpc) is 2.86. The number of esters is 2. The molecule has 0 N–H and O–H groups in total. The second-order valence-corrected chi connectivity index (χ2v) is 5.26. The van der Waals surface area contributed by atoms with Crippen molar-refractivity contribution in [2.45, 2.75) is 39.7 Å². The van der Waals surface area contributed by atoms with Crippen LogP contribution >= 0.6 is 0 Å². The lowest BCUT2D eigenvalue weighted by atomic mass is 10.1. The van der Waals surface area contributed by atoms with Crippen molar-refractivity contribution in [3.8, 4) is 0 Å². The van der Waals surface area contributed by atoms with Gasteiger partial charge in [-0.25, -0.2) is 0 Å². The molecule has 5 nitrogen and oxygen atoms in total. The SMILES string of the molecule is CCOC(=O)CCCn1cc(CC(=O)OCC)c2ccccc21. The summed E-state index contributed by atoms with van der Waals surface area (Å²) in [6, 6.07) is 7.96. The van der Waals surface area contributed by atoms with E-state index in [0.29, 0.717) is 32.6 Å². The molecule has 0 saturated carbocycles. The van der Waals surface area contributed by atoms with Gasteiger partial charge in [0.15, 0.2) is 0 Å². The number of ether oxygens (including phenoxy) is 2. The van der Waals surface area contributed by atoms with Crippen LogP contribution in [-0.2, 0) is 32.0 Å². The van der Waals surface area contributed by atoms with Gasteiger partial charge in [0.1, 0.15) is 0 Å². The van der Waals surface area contributed by atoms with E-state index in [0.717, 1.165) is 16.5 Å². The number of rotatable bonds is 8. The van der Waals surface area contributed by atoms with Gasteiger partial charge in [-0.05, 0) is 31.9 Å². The number of para-hydroxylation sites is 1. The normalized spacial score (nSPS) is 10.7. The largest absolute Gasteiger partial charge is 0.466 e. The minimum absolute atomic E-state index is 0.171. The van der Waals surface area contributed by atoms with E-state index < -0.39 is 0 Å². The van der Waals surface area contributed by atoms with Gasteiger partial charge in [-0.3, -0.25) is 9.59 Å². The highest BCUT2D eigenvalue weighted by molar-refractivity contribution is 5.88. The Balaban J connectivity index is 2.10. The molecule has 1 aromatic carbocycles. The predicted molar refractivity (Wildman–Crippen MR) is 88.1 cm³/mol. The molecule has 0 unspecified atom stereocenters. The summed E-state index contributed by atoms with van der Waals surface area (Å²) >= 11 is 0. The summed E-state index contributed by atoms with van der Waals surface area (Å²) in [5.41, 5.74) is 2.02. The first-order valence-electron chi connectivity index (χ1n) is 8.03. The van der Waals surface area contributed by atoms with Crippen LogP contribution in [0.5, 0.6) is 0 Å². The van der Waals surface area contributed by atoms with Gasteiger partial charge in [0.25, 0.3) is 0 Å². The number of hydrogen-bond donors (Lipinski definition) is 0. The summed E-state index contributed by atoms with van der Waals surface area (Å²) in [6.45, 7) is 5.11. The molecule has 5 heteroatoms. The van der Waals surface area contributed by atoms with Crippen LogP contribution in [-0.4, -0.2) is 29.7 Å². The molecule has 2 aromatic rings. The summed E-state index contributed by atoms with van der Waals surface area (Å²) in [4.78, 5) is 23.2. The third kappa shape index (κ3) is 4.58. The van der Waals surface area contributed by atoms with Gasteiger partial charge < -0.3 is 14.0 Å². The molecule has 0 amide bonds. The van der Waals surface area contributed by atoms with Crippen molar-refractivity contribution in [2.24, 2.45) is 0 Å². The highest BCUT2D eigenvalue weighted by Crippen LogP contribution is 2.22. The first kappa shape index (κ1) is 17.1. The summed E-state index contributed by atoms with van der Waals surface area (Å²) in [5.74, 6) is -0.391. The fourth-order valence-corrected chi connectivity index (χ4v) is 2.64. The monoisotopic (exact) mass is 317 g/mol. The third-order valence-electron chi connectivity index (χ3n) is 3.60. The molecule has 0 radical (unpaired) electrons. The lowest BCUT2D eigenvalue weighted by Crippen LogP contribution is -2.07. The number of fused-ring (bicyclic) bond motifs is 1. The molecule has 0 saturated heterocycles. The zero-order chi connectivity index (χ0) is 16.7. The van der Waals surface area contributed by atoms with Gasteiger partial charge in [-0.2, -0.15) is 0 Å². The van der Waals surface area contributed by atoms with Crippen molar-refractivity contribution >= 4 is 22.8 Å². The Morgan fingerprint density at radius 2 is 1.74 bits per heavy atom. The maximum absolute atomic E-state index is 11.7. The van der Waals surface area contributed by atoms with Gasteiger partial charge in [-0.15, -0.1) is 0 Å². The summed E-state index contributed by atoms with van der Waals surface area (Å²) in [5, 5.41) is 1.05. The lowest BCUT2D eigenvalue weighted by Gasteiger charge is -2.05. The van der Waals surface area contributed by atoms with Crippen LogP contribution in [0.4, 0.5) is 0 Å². The third-order valence-corrected chi connectivity index (χ3v) is 3.60. The zero-order valence-electron chi connectivity index (χ0n) is 13.7. The van der Waals surface area contributed by atoms with E-state index in [4.69, 9.17) is 9.47 Å². The van der Waals surface area contributed by atoms with Gasteiger partial charge >= 0.3 is 11.9 Å². The van der Waals surface area contributed by atoms with E-state index in [1.165, 1.54) is 0 Å². The molecule has 23 heavy (non-hydrogen) atoms. The molecule has 0 aliphatic heterocycles. The number of carbonyl (C=O) groups excluding carboxylic acids is 2. The van der Waals surface area contributed by atoms with Gasteiger partial charge in [0.2, 0.25) is 0 Å². The van der Waals surface area contributed by atoms with Crippen molar-refractivity contribution in [2.75, 3.05) is 13.2 Å². The standard InChI is InChI=1S/C18H23NO4/c1-3-22-17(20)10-7-11-19-13-14(12-18(21)23-4-2)15-8-5-6-9-16(15)19/h5-6,8-9,13H,3-4,7,10-12H2,1-2H3. The molecule has 2 rings (SSSR count). The second-order valence-electron chi connectivity index (χ2n) is 5.26. The summed E-state index contributed by atoms with van der Waals surface area (Å²) in [6.07, 6.45) is 3.34. The fraction of sp³-hybridized carbons (Fsp3) is 0.444. The van der Waals surface area contributed by atoms with Crippen LogP contribution in [0.2, 0.25) is 0 Å². The van der Waals surface area contributed by atoms with Crippen LogP contribution in [0.15, 0.2) is 30.5 Å². The second kappa shape index (κ2) is 8.36. The maximum atomic E-state index is 11.7. The minimum Gasteiger partial charge on any atom is -0.466 e. The predicted octanol–water partition coefficient (Wildman–Crippen LogP) is 3.09. The number of aromatic nitrogens is 1. The first-order chi connectivity index (χ1) is 11.2. The van der Waals surface area contributed by atoms with Crippen molar-refractivity contribution in [1.29, 1.82) is 0 Å². The van der Waals surface area contributed by atoms with Crippen molar-refractivity contribution in [3.63, 3.8) is 0 Å². The van der Waals surface area contributed by atoms with E-state index in [1.807, 2.05) is 30.5 Å². The van der Waals surface area contributed by atoms with Crippen molar-refractivity contribution in [3.05, 3.63) is 36.0 Å². The number of carbonyl (C=O) groups is 2. The van der Waals surface area contributed by atoms with E-state index in [2.05, 4.69) is 4.57 Å². The summed E-state index contributed by atoms with van der Waals surface area (Å²) < 4.78 is 12.1. The Hall–Kier alpha value is -2.30. The Kier molecular flexibility index (Phi) is 6.20. The molecule has 1 heterocycles. The summed E-state index contributed by atoms with van der Waals surface area (Å²) in [7, 11) is 0. The number of aryl methyl sites for hydroxylation is 1. The van der Waals surface area contributed by atoms with Gasteiger partial charge in [-0.1, -0.05) is 18.2 Å². The number of benzene rings is 1. The molecule has 0 spiro atoms. The topological polar surface area (TPSA) is 57.5 Å². The van der Waals surface area contributed by atoms with Crippen LogP contribution in [0.25, 0.3) is 10.9 Å². The smallest absolute Gasteiger partial charge is 0.310 e. The maximum Gasteiger partial charge on any atom is 0.310 e. The van der Waals surface area contributed by atoms with E-state index >= 15 is 0 Å². The van der Waals surface area contributed by atoms with Crippen LogP contribution < -0.4 is 0 Å². The molecule has 124 valence electrons. The van der Waals surface area contributed by atoms with Gasteiger partial charge in [0, 0.05) is 30.1 Å². The minimum atomic E-state index is -0.220. The molecule has 0 atom stereocenters. The average molecular weight is 317 g/mol. The molecule has 0 aliphatic carbocycles. The number of nitrogens with zero attached hydrogens (tertiary/aromatic N) is 1. The number of hydrogen-bond acceptors (Lipinski definition) is 4. The van der Waals surface area contributed by atoms with Crippen molar-refractivity contribution in [1.82, 2.24) is 4.57 Å². The Bertz CT molecular complexity index is 675. The molecule has 0 aliphatic rings. The Morgan fingerprint density at radius 1 is 1.04 bits per heavy atom. The molecule has 0 fully saturated rings. The molecule has 1 aromatic heterocycles. The van der Waals surface area contributed by atoms with E-state index in [-0.39, 0.29) is 18.4 Å². The van der Waals surface area contributed by atoms with Crippen LogP contribution in [0.3, 0.4) is 0 Å². The van der Waals surface area contributed by atoms with Gasteiger partial charge in [0.05, 0.1) is 19.6 Å². The Labute approximate surface area is 136 Å². The highest BCUT2D eigenvalue weighted by atomic mass is 16.5. The lowest BCUT2D eigenvalue weighted by molar-refractivity contribution is -0.143. The van der Waals surface area contributed by atoms with Crippen molar-refractivity contribution < 1.29 is 19.1 Å². The fourth-order valence-electron chi connectivity index (χ4n) is 2.64. The molecular formula is C18H23NO4. The Morgan fingerprint density at radius 3 is 2.48 bits per heavy atom. The highest BCUT2D eigenvalue weighted by Gasteiger charge is 2.12. The first-order valence-corrected chi connectivity index (χ1v) is 8.03. The quantitative estimate of drug-likeness (QED) is 0.702. The molecule has 0 bridgehead atoms. The van der Waals surface area contributed by atoms with Crippen LogP contribution in [0, 0.1) is 0 Å². The van der Waals surface area contributed by atoms with Crippen LogP contribution in [0.1, 0.15) is 32.3 Å². The van der Waals surface area contributed by atoms with E-state index in [1.54, 1.807) is 13.8 Å². The molecular weight excluding hydrogens is 294 g/mol.